The van der Waals surface area contributed by atoms with Gasteiger partial charge in [-0.05, 0) is 38.3 Å². The summed E-state index contributed by atoms with van der Waals surface area (Å²) in [6.07, 6.45) is 0. The number of hydrogen-bond donors (Lipinski definition) is 0. The summed E-state index contributed by atoms with van der Waals surface area (Å²) >= 11 is 0. The summed E-state index contributed by atoms with van der Waals surface area (Å²) in [7, 11) is 1.33. The fourth-order valence-electron chi connectivity index (χ4n) is 3.43. The lowest BCUT2D eigenvalue weighted by molar-refractivity contribution is -0.143. The minimum atomic E-state index is -1.87. The zero-order chi connectivity index (χ0) is 21.6. The lowest BCUT2D eigenvalue weighted by atomic mass is 9.86. The number of carbonyl (C=O) groups is 3. The van der Waals surface area contributed by atoms with E-state index in [0.717, 1.165) is 5.56 Å². The number of rotatable bonds is 4. The van der Waals surface area contributed by atoms with Gasteiger partial charge in [-0.2, -0.15) is 0 Å². The van der Waals surface area contributed by atoms with Crippen molar-refractivity contribution in [3.05, 3.63) is 64.7 Å². The van der Waals surface area contributed by atoms with Gasteiger partial charge in [0.05, 0.1) is 5.41 Å². The molecule has 0 amide bonds. The minimum Gasteiger partial charge on any atom is -0.426 e. The first-order valence-electron chi connectivity index (χ1n) is 9.64. The zero-order valence-corrected chi connectivity index (χ0v) is 17.7. The third kappa shape index (κ3) is 3.29. The van der Waals surface area contributed by atoms with Gasteiger partial charge in [-0.15, -0.1) is 0 Å². The number of ketones is 2. The lowest BCUT2D eigenvalue weighted by Crippen LogP contribution is -2.41. The van der Waals surface area contributed by atoms with Crippen LogP contribution < -0.4 is 4.74 Å². The van der Waals surface area contributed by atoms with E-state index < -0.39 is 28.6 Å². The molecule has 152 valence electrons. The highest BCUT2D eigenvalue weighted by Crippen LogP contribution is 2.45. The molecule has 29 heavy (non-hydrogen) atoms. The molecule has 0 aliphatic heterocycles. The predicted molar refractivity (Wildman–Crippen MR) is 109 cm³/mol. The zero-order valence-electron chi connectivity index (χ0n) is 17.7. The second-order valence-electron chi connectivity index (χ2n) is 8.64. The Morgan fingerprint density at radius 2 is 1.52 bits per heavy atom. The number of esters is 1. The molecule has 0 aromatic heterocycles. The lowest BCUT2D eigenvalue weighted by Gasteiger charge is -2.28. The van der Waals surface area contributed by atoms with Crippen LogP contribution in [0.2, 0.25) is 0 Å². The van der Waals surface area contributed by atoms with Gasteiger partial charge in [-0.25, -0.2) is 0 Å². The van der Waals surface area contributed by atoms with Crippen LogP contribution in [0.5, 0.6) is 5.75 Å². The number of Topliss-reactive ketones (excluding diaryl/α,β-unsaturated/α-hetero) is 2. The molecule has 1 aliphatic carbocycles. The van der Waals surface area contributed by atoms with Crippen LogP contribution in [0.25, 0.3) is 0 Å². The Labute approximate surface area is 171 Å². The average molecular weight is 394 g/mol. The van der Waals surface area contributed by atoms with E-state index in [1.807, 2.05) is 19.9 Å². The molecule has 0 atom stereocenters. The minimum absolute atomic E-state index is 0.168. The summed E-state index contributed by atoms with van der Waals surface area (Å²) in [6, 6.07) is 11.8. The Morgan fingerprint density at radius 1 is 0.966 bits per heavy atom. The number of ether oxygens (including phenoxy) is 2. The van der Waals surface area contributed by atoms with Gasteiger partial charge in [0.25, 0.3) is 0 Å². The highest BCUT2D eigenvalue weighted by Gasteiger charge is 2.56. The average Bonchev–Trinajstić information content (AvgIpc) is 2.89. The molecule has 1 aliphatic rings. The molecule has 0 bridgehead atoms. The largest absolute Gasteiger partial charge is 0.426 e. The van der Waals surface area contributed by atoms with E-state index in [0.29, 0.717) is 11.1 Å². The van der Waals surface area contributed by atoms with Crippen LogP contribution in [0.4, 0.5) is 0 Å². The Kier molecular flexibility index (Phi) is 5.22. The van der Waals surface area contributed by atoms with Crippen molar-refractivity contribution in [3.8, 4) is 5.75 Å². The molecule has 0 fully saturated rings. The first kappa shape index (κ1) is 20.9. The molecular weight excluding hydrogens is 368 g/mol. The fourth-order valence-corrected chi connectivity index (χ4v) is 3.43. The van der Waals surface area contributed by atoms with Crippen LogP contribution >= 0.6 is 0 Å². The Hall–Kier alpha value is -2.79. The van der Waals surface area contributed by atoms with E-state index in [9.17, 15) is 14.4 Å². The number of methoxy groups -OCH3 is 1. The summed E-state index contributed by atoms with van der Waals surface area (Å²) in [5, 5.41) is 0. The quantitative estimate of drug-likeness (QED) is 0.428. The van der Waals surface area contributed by atoms with Gasteiger partial charge in [-0.1, -0.05) is 50.2 Å². The third-order valence-corrected chi connectivity index (χ3v) is 5.23. The topological polar surface area (TPSA) is 69.7 Å². The first-order chi connectivity index (χ1) is 13.5. The molecule has 3 rings (SSSR count). The van der Waals surface area contributed by atoms with Crippen LogP contribution in [0, 0.1) is 5.41 Å². The summed E-state index contributed by atoms with van der Waals surface area (Å²) in [6.45, 7) is 9.26. The molecule has 0 radical (unpaired) electrons. The van der Waals surface area contributed by atoms with Gasteiger partial charge < -0.3 is 9.47 Å². The monoisotopic (exact) mass is 394 g/mol. The summed E-state index contributed by atoms with van der Waals surface area (Å²) in [4.78, 5) is 39.3. The van der Waals surface area contributed by atoms with Crippen molar-refractivity contribution in [3.63, 3.8) is 0 Å². The molecule has 0 heterocycles. The maximum absolute atomic E-state index is 13.3. The van der Waals surface area contributed by atoms with Crippen molar-refractivity contribution in [2.75, 3.05) is 7.11 Å². The second-order valence-corrected chi connectivity index (χ2v) is 8.64. The van der Waals surface area contributed by atoms with Crippen molar-refractivity contribution < 1.29 is 23.9 Å². The predicted octanol–water partition coefficient (Wildman–Crippen LogP) is 4.68. The first-order valence-corrected chi connectivity index (χ1v) is 9.64. The van der Waals surface area contributed by atoms with Crippen LogP contribution in [-0.4, -0.2) is 24.6 Å². The molecule has 5 nitrogen and oxygen atoms in total. The van der Waals surface area contributed by atoms with Crippen molar-refractivity contribution in [1.82, 2.24) is 0 Å². The fraction of sp³-hybridized carbons (Fsp3) is 0.375. The number of benzene rings is 2. The van der Waals surface area contributed by atoms with Crippen molar-refractivity contribution in [1.29, 1.82) is 0 Å². The second kappa shape index (κ2) is 7.23. The summed E-state index contributed by atoms with van der Waals surface area (Å²) in [5.41, 5.74) is -0.842. The SMILES string of the molecule is COC1(c2ccc(C(C)C)cc2OC(=O)C(C)(C)C)C(=O)c2ccccc2C1=O. The van der Waals surface area contributed by atoms with E-state index in [-0.39, 0.29) is 17.2 Å². The molecule has 0 saturated carbocycles. The number of carbonyl (C=O) groups excluding carboxylic acids is 3. The molecule has 0 saturated heterocycles. The molecular formula is C24H26O5. The van der Waals surface area contributed by atoms with Crippen molar-refractivity contribution >= 4 is 17.5 Å². The molecule has 0 spiro atoms. The standard InChI is InChI=1S/C24H26O5/c1-14(2)15-11-12-18(19(13-15)29-22(27)23(3,4)5)24(28-6)20(25)16-9-7-8-10-17(16)21(24)26/h7-14H,1-6H3. The van der Waals surface area contributed by atoms with Gasteiger partial charge in [0.2, 0.25) is 17.2 Å². The molecule has 2 aromatic rings. The summed E-state index contributed by atoms with van der Waals surface area (Å²) < 4.78 is 11.3. The Bertz CT molecular complexity index is 960. The van der Waals surface area contributed by atoms with E-state index >= 15 is 0 Å². The Morgan fingerprint density at radius 3 is 1.97 bits per heavy atom. The van der Waals surface area contributed by atoms with Crippen LogP contribution in [0.3, 0.4) is 0 Å². The smallest absolute Gasteiger partial charge is 0.316 e. The van der Waals surface area contributed by atoms with Crippen LogP contribution in [0.1, 0.15) is 72.4 Å². The van der Waals surface area contributed by atoms with E-state index in [1.165, 1.54) is 7.11 Å². The summed E-state index contributed by atoms with van der Waals surface area (Å²) in [5.74, 6) is -1.02. The van der Waals surface area contributed by atoms with Gasteiger partial charge in [0.1, 0.15) is 5.75 Å². The van der Waals surface area contributed by atoms with E-state index in [2.05, 4.69) is 0 Å². The number of fused-ring (bicyclic) bond motifs is 1. The van der Waals surface area contributed by atoms with Crippen LogP contribution in [0.15, 0.2) is 42.5 Å². The molecule has 0 N–H and O–H groups in total. The maximum atomic E-state index is 13.3. The van der Waals surface area contributed by atoms with Gasteiger partial charge in [0.15, 0.2) is 0 Å². The van der Waals surface area contributed by atoms with Gasteiger partial charge in [0, 0.05) is 23.8 Å². The highest BCUT2D eigenvalue weighted by atomic mass is 16.5. The van der Waals surface area contributed by atoms with Crippen LogP contribution in [-0.2, 0) is 15.1 Å². The van der Waals surface area contributed by atoms with E-state index in [1.54, 1.807) is 57.2 Å². The Balaban J connectivity index is 2.22. The number of hydrogen-bond acceptors (Lipinski definition) is 5. The van der Waals surface area contributed by atoms with Crippen molar-refractivity contribution in [2.45, 2.75) is 46.1 Å². The van der Waals surface area contributed by atoms with Crippen molar-refractivity contribution in [2.24, 2.45) is 5.41 Å². The molecule has 0 unspecified atom stereocenters. The maximum Gasteiger partial charge on any atom is 0.316 e. The van der Waals surface area contributed by atoms with E-state index in [4.69, 9.17) is 9.47 Å². The van der Waals surface area contributed by atoms with Gasteiger partial charge in [-0.3, -0.25) is 14.4 Å². The van der Waals surface area contributed by atoms with Gasteiger partial charge >= 0.3 is 5.97 Å². The molecule has 2 aromatic carbocycles. The third-order valence-electron chi connectivity index (χ3n) is 5.23. The normalized spacial score (nSPS) is 15.6. The highest BCUT2D eigenvalue weighted by molar-refractivity contribution is 6.32. The molecule has 5 heteroatoms.